The van der Waals surface area contributed by atoms with E-state index in [1.807, 2.05) is 18.2 Å². The number of likely N-dealkylation sites (tertiary alicyclic amines) is 1. The van der Waals surface area contributed by atoms with Gasteiger partial charge in [0.2, 0.25) is 17.7 Å². The summed E-state index contributed by atoms with van der Waals surface area (Å²) in [6, 6.07) is 5.71. The molecule has 0 saturated carbocycles. The van der Waals surface area contributed by atoms with E-state index in [9.17, 15) is 14.4 Å². The Bertz CT molecular complexity index is 769. The zero-order valence-corrected chi connectivity index (χ0v) is 17.7. The second kappa shape index (κ2) is 9.39. The summed E-state index contributed by atoms with van der Waals surface area (Å²) in [4.78, 5) is 40.2. The van der Waals surface area contributed by atoms with Crippen LogP contribution in [0.15, 0.2) is 18.2 Å². The molecule has 2 N–H and O–H groups in total. The van der Waals surface area contributed by atoms with Gasteiger partial charge in [-0.3, -0.25) is 19.3 Å². The molecule has 7 heteroatoms. The van der Waals surface area contributed by atoms with E-state index in [4.69, 9.17) is 0 Å². The van der Waals surface area contributed by atoms with Gasteiger partial charge in [-0.1, -0.05) is 13.8 Å². The molecule has 2 heterocycles. The topological polar surface area (TPSA) is 81.8 Å². The minimum Gasteiger partial charge on any atom is -0.356 e. The SMILES string of the molecule is CC(=O)N1CCc2cc(NC(=O)CN3CCC(C(=O)NCC(C)C)CC3)ccc21. The number of carbonyl (C=O) groups excluding carboxylic acids is 3. The first-order valence-electron chi connectivity index (χ1n) is 10.5. The quantitative estimate of drug-likeness (QED) is 0.765. The van der Waals surface area contributed by atoms with Crippen LogP contribution in [0.3, 0.4) is 0 Å². The van der Waals surface area contributed by atoms with Gasteiger partial charge < -0.3 is 15.5 Å². The van der Waals surface area contributed by atoms with E-state index in [2.05, 4.69) is 29.4 Å². The molecule has 0 radical (unpaired) electrons. The predicted octanol–water partition coefficient (Wildman–Crippen LogP) is 2.02. The molecule has 1 saturated heterocycles. The second-order valence-electron chi connectivity index (χ2n) is 8.50. The molecule has 0 bridgehead atoms. The molecular weight excluding hydrogens is 368 g/mol. The average molecular weight is 401 g/mol. The molecule has 3 amide bonds. The number of hydrogen-bond acceptors (Lipinski definition) is 4. The molecule has 7 nitrogen and oxygen atoms in total. The van der Waals surface area contributed by atoms with Crippen molar-refractivity contribution >= 4 is 29.1 Å². The summed E-state index contributed by atoms with van der Waals surface area (Å²) in [5.41, 5.74) is 2.79. The van der Waals surface area contributed by atoms with Gasteiger partial charge in [-0.05, 0) is 62.0 Å². The zero-order chi connectivity index (χ0) is 21.0. The van der Waals surface area contributed by atoms with Crippen molar-refractivity contribution in [2.45, 2.75) is 40.0 Å². The Labute approximate surface area is 172 Å². The number of amides is 3. The Balaban J connectivity index is 1.45. The number of rotatable bonds is 6. The lowest BCUT2D eigenvalue weighted by atomic mass is 9.95. The summed E-state index contributed by atoms with van der Waals surface area (Å²) in [5, 5.41) is 5.98. The third-order valence-corrected chi connectivity index (χ3v) is 5.65. The first-order valence-corrected chi connectivity index (χ1v) is 10.5. The first kappa shape index (κ1) is 21.3. The van der Waals surface area contributed by atoms with Crippen molar-refractivity contribution in [3.05, 3.63) is 23.8 Å². The Morgan fingerprint density at radius 2 is 1.86 bits per heavy atom. The van der Waals surface area contributed by atoms with Crippen LogP contribution in [0.1, 0.15) is 39.2 Å². The molecule has 0 aliphatic carbocycles. The van der Waals surface area contributed by atoms with Crippen molar-refractivity contribution < 1.29 is 14.4 Å². The highest BCUT2D eigenvalue weighted by atomic mass is 16.2. The molecule has 2 aliphatic rings. The largest absolute Gasteiger partial charge is 0.356 e. The molecular formula is C22H32N4O3. The maximum absolute atomic E-state index is 12.4. The predicted molar refractivity (Wildman–Crippen MR) is 114 cm³/mol. The third-order valence-electron chi connectivity index (χ3n) is 5.65. The summed E-state index contributed by atoms with van der Waals surface area (Å²) >= 11 is 0. The highest BCUT2D eigenvalue weighted by molar-refractivity contribution is 5.96. The zero-order valence-electron chi connectivity index (χ0n) is 17.7. The number of hydrogen-bond donors (Lipinski definition) is 2. The fourth-order valence-corrected chi connectivity index (χ4v) is 4.01. The van der Waals surface area contributed by atoms with Gasteiger partial charge in [0.25, 0.3) is 0 Å². The lowest BCUT2D eigenvalue weighted by Crippen LogP contribution is -2.43. The first-order chi connectivity index (χ1) is 13.8. The standard InChI is InChI=1S/C22H32N4O3/c1-15(2)13-23-22(29)17-6-9-25(10-7-17)14-21(28)24-19-4-5-20-18(12-19)8-11-26(20)16(3)27/h4-5,12,15,17H,6-11,13-14H2,1-3H3,(H,23,29)(H,24,28). The molecule has 158 valence electrons. The van der Waals surface area contributed by atoms with E-state index in [1.165, 1.54) is 0 Å². The molecule has 29 heavy (non-hydrogen) atoms. The Kier molecular flexibility index (Phi) is 6.90. The molecule has 3 rings (SSSR count). The number of benzene rings is 1. The summed E-state index contributed by atoms with van der Waals surface area (Å²) in [5.74, 6) is 0.637. The maximum Gasteiger partial charge on any atom is 0.238 e. The van der Waals surface area contributed by atoms with Crippen molar-refractivity contribution in [2.75, 3.05) is 42.9 Å². The van der Waals surface area contributed by atoms with Crippen LogP contribution in [-0.4, -0.2) is 55.3 Å². The smallest absolute Gasteiger partial charge is 0.238 e. The molecule has 0 unspecified atom stereocenters. The normalized spacial score (nSPS) is 17.3. The molecule has 1 fully saturated rings. The number of nitrogens with zero attached hydrogens (tertiary/aromatic N) is 2. The molecule has 0 spiro atoms. The van der Waals surface area contributed by atoms with Crippen LogP contribution >= 0.6 is 0 Å². The number of fused-ring (bicyclic) bond motifs is 1. The van der Waals surface area contributed by atoms with Crippen LogP contribution in [0.2, 0.25) is 0 Å². The van der Waals surface area contributed by atoms with Crippen molar-refractivity contribution in [3.8, 4) is 0 Å². The van der Waals surface area contributed by atoms with Crippen LogP contribution in [0.5, 0.6) is 0 Å². The van der Waals surface area contributed by atoms with Gasteiger partial charge in [-0.15, -0.1) is 0 Å². The lowest BCUT2D eigenvalue weighted by molar-refractivity contribution is -0.126. The fourth-order valence-electron chi connectivity index (χ4n) is 4.01. The van der Waals surface area contributed by atoms with Crippen LogP contribution in [-0.2, 0) is 20.8 Å². The molecule has 1 aromatic carbocycles. The summed E-state index contributed by atoms with van der Waals surface area (Å²) in [6.07, 6.45) is 2.39. The Hall–Kier alpha value is -2.41. The number of carbonyl (C=O) groups is 3. The van der Waals surface area contributed by atoms with E-state index in [0.29, 0.717) is 25.6 Å². The van der Waals surface area contributed by atoms with Gasteiger partial charge >= 0.3 is 0 Å². The highest BCUT2D eigenvalue weighted by Gasteiger charge is 2.26. The van der Waals surface area contributed by atoms with Crippen molar-refractivity contribution in [2.24, 2.45) is 11.8 Å². The summed E-state index contributed by atoms with van der Waals surface area (Å²) < 4.78 is 0. The van der Waals surface area contributed by atoms with Crippen molar-refractivity contribution in [1.82, 2.24) is 10.2 Å². The fraction of sp³-hybridized carbons (Fsp3) is 0.591. The van der Waals surface area contributed by atoms with Crippen LogP contribution in [0.4, 0.5) is 11.4 Å². The Morgan fingerprint density at radius 1 is 1.14 bits per heavy atom. The van der Waals surface area contributed by atoms with Crippen molar-refractivity contribution in [1.29, 1.82) is 0 Å². The number of piperidine rings is 1. The minimum absolute atomic E-state index is 0.0434. The second-order valence-corrected chi connectivity index (χ2v) is 8.50. The van der Waals surface area contributed by atoms with Gasteiger partial charge in [-0.2, -0.15) is 0 Å². The molecule has 1 aromatic rings. The highest BCUT2D eigenvalue weighted by Crippen LogP contribution is 2.30. The maximum atomic E-state index is 12.4. The van der Waals surface area contributed by atoms with Gasteiger partial charge in [0.15, 0.2) is 0 Å². The van der Waals surface area contributed by atoms with Crippen LogP contribution in [0.25, 0.3) is 0 Å². The van der Waals surface area contributed by atoms with Gasteiger partial charge in [0.05, 0.1) is 6.54 Å². The van der Waals surface area contributed by atoms with E-state index < -0.39 is 0 Å². The van der Waals surface area contributed by atoms with Gasteiger partial charge in [0.1, 0.15) is 0 Å². The number of nitrogens with one attached hydrogen (secondary N) is 2. The lowest BCUT2D eigenvalue weighted by Gasteiger charge is -2.30. The third kappa shape index (κ3) is 5.56. The summed E-state index contributed by atoms with van der Waals surface area (Å²) in [6.45, 7) is 8.99. The van der Waals surface area contributed by atoms with Gasteiger partial charge in [-0.25, -0.2) is 0 Å². The van der Waals surface area contributed by atoms with Crippen LogP contribution < -0.4 is 15.5 Å². The van der Waals surface area contributed by atoms with E-state index in [0.717, 1.165) is 49.3 Å². The van der Waals surface area contributed by atoms with Gasteiger partial charge in [0, 0.05) is 37.3 Å². The minimum atomic E-state index is -0.0471. The van der Waals surface area contributed by atoms with Crippen LogP contribution in [0, 0.1) is 11.8 Å². The van der Waals surface area contributed by atoms with E-state index in [1.54, 1.807) is 11.8 Å². The Morgan fingerprint density at radius 3 is 2.52 bits per heavy atom. The monoisotopic (exact) mass is 400 g/mol. The summed E-state index contributed by atoms with van der Waals surface area (Å²) in [7, 11) is 0. The van der Waals surface area contributed by atoms with Crippen molar-refractivity contribution in [3.63, 3.8) is 0 Å². The molecule has 0 aromatic heterocycles. The van der Waals surface area contributed by atoms with E-state index in [-0.39, 0.29) is 23.6 Å². The molecule has 0 atom stereocenters. The van der Waals surface area contributed by atoms with E-state index >= 15 is 0 Å². The molecule has 2 aliphatic heterocycles. The average Bonchev–Trinajstić information content (AvgIpc) is 3.10. The number of anilines is 2.